The van der Waals surface area contributed by atoms with E-state index in [0.717, 1.165) is 0 Å². The summed E-state index contributed by atoms with van der Waals surface area (Å²) in [5, 5.41) is 33.3. The predicted molar refractivity (Wildman–Crippen MR) is 95.9 cm³/mol. The van der Waals surface area contributed by atoms with E-state index in [2.05, 4.69) is 21.2 Å². The maximum Gasteiger partial charge on any atom is 0.336 e. The van der Waals surface area contributed by atoms with E-state index in [1.54, 1.807) is 5.38 Å². The maximum atomic E-state index is 11.2. The van der Waals surface area contributed by atoms with Gasteiger partial charge in [-0.2, -0.15) is 0 Å². The molecule has 0 bridgehead atoms. The fraction of sp³-hybridized carbons (Fsp3) is 0.667. The van der Waals surface area contributed by atoms with E-state index in [0.29, 0.717) is 22.2 Å². The number of ether oxygens (including phenoxy) is 1. The molecule has 9 heteroatoms. The Morgan fingerprint density at radius 2 is 2.04 bits per heavy atom. The van der Waals surface area contributed by atoms with Crippen molar-refractivity contribution in [3.63, 3.8) is 0 Å². The maximum absolute atomic E-state index is 11.2. The molecule has 7 nitrogen and oxygen atoms in total. The van der Waals surface area contributed by atoms with Crippen LogP contribution in [-0.2, 0) is 11.3 Å². The second kappa shape index (κ2) is 9.23. The average Bonchev–Trinajstić information content (AvgIpc) is 2.77. The lowest BCUT2D eigenvalue weighted by atomic mass is 10.1. The lowest BCUT2D eigenvalue weighted by molar-refractivity contribution is -0.169. The van der Waals surface area contributed by atoms with Gasteiger partial charge >= 0.3 is 5.97 Å². The molecule has 0 radical (unpaired) electrons. The van der Waals surface area contributed by atoms with E-state index in [1.165, 1.54) is 11.3 Å². The van der Waals surface area contributed by atoms with Crippen LogP contribution in [0.1, 0.15) is 49.5 Å². The zero-order valence-corrected chi connectivity index (χ0v) is 16.4. The third kappa shape index (κ3) is 7.14. The first-order valence-electron chi connectivity index (χ1n) is 7.53. The van der Waals surface area contributed by atoms with Crippen molar-refractivity contribution in [2.24, 2.45) is 5.73 Å². The van der Waals surface area contributed by atoms with Crippen LogP contribution < -0.4 is 11.1 Å². The summed E-state index contributed by atoms with van der Waals surface area (Å²) in [5.41, 5.74) is 5.91. The largest absolute Gasteiger partial charge is 0.478 e. The lowest BCUT2D eigenvalue weighted by Gasteiger charge is -2.26. The molecular weight excluding hydrogens is 400 g/mol. The molecule has 0 aliphatic rings. The number of aliphatic hydroxyl groups is 2. The number of carboxylic acids is 1. The standard InChI is InChI=1S/C15H25BrN2O5S/c1-15(2,3)23-11(19)5-4-10(13(17)20)18-6-8-9(14(21)22)7-24-12(8)16/h7,10-11,13,18-20H,4-6,17H2,1-3H3,(H,21,22)/t10-,11-,13-/m0/s1. The molecule has 3 atom stereocenters. The van der Waals surface area contributed by atoms with Gasteiger partial charge in [-0.05, 0) is 49.5 Å². The Kier molecular flexibility index (Phi) is 8.27. The lowest BCUT2D eigenvalue weighted by Crippen LogP contribution is -2.45. The van der Waals surface area contributed by atoms with Crippen molar-refractivity contribution >= 4 is 33.2 Å². The van der Waals surface area contributed by atoms with Gasteiger partial charge in [-0.15, -0.1) is 11.3 Å². The molecule has 6 N–H and O–H groups in total. The molecule has 138 valence electrons. The third-order valence-corrected chi connectivity index (χ3v) is 5.09. The number of thiophene rings is 1. The molecule has 0 amide bonds. The second-order valence-electron chi connectivity index (χ2n) is 6.45. The summed E-state index contributed by atoms with van der Waals surface area (Å²) in [6, 6.07) is -0.503. The third-order valence-electron chi connectivity index (χ3n) is 3.24. The molecule has 0 fully saturated rings. The van der Waals surface area contributed by atoms with Crippen molar-refractivity contribution in [3.8, 4) is 0 Å². The van der Waals surface area contributed by atoms with Crippen LogP contribution in [0.15, 0.2) is 9.17 Å². The molecule has 24 heavy (non-hydrogen) atoms. The van der Waals surface area contributed by atoms with E-state index < -0.39 is 30.1 Å². The van der Waals surface area contributed by atoms with Crippen molar-refractivity contribution < 1.29 is 24.9 Å². The number of hydrogen-bond acceptors (Lipinski definition) is 7. The first-order valence-corrected chi connectivity index (χ1v) is 9.20. The highest BCUT2D eigenvalue weighted by atomic mass is 79.9. The smallest absolute Gasteiger partial charge is 0.336 e. The summed E-state index contributed by atoms with van der Waals surface area (Å²) in [7, 11) is 0. The topological polar surface area (TPSA) is 125 Å². The van der Waals surface area contributed by atoms with E-state index in [-0.39, 0.29) is 12.1 Å². The number of carbonyl (C=O) groups is 1. The van der Waals surface area contributed by atoms with E-state index >= 15 is 0 Å². The molecule has 0 unspecified atom stereocenters. The summed E-state index contributed by atoms with van der Waals surface area (Å²) in [4.78, 5) is 11.2. The highest BCUT2D eigenvalue weighted by Gasteiger charge is 2.22. The summed E-state index contributed by atoms with van der Waals surface area (Å²) in [6.45, 7) is 5.75. The molecule has 0 aliphatic heterocycles. The first-order chi connectivity index (χ1) is 11.0. The van der Waals surface area contributed by atoms with Crippen molar-refractivity contribution in [2.75, 3.05) is 0 Å². The number of hydrogen-bond donors (Lipinski definition) is 5. The number of carboxylic acid groups (broad SMARTS) is 1. The van der Waals surface area contributed by atoms with Crippen LogP contribution >= 0.6 is 27.3 Å². The Morgan fingerprint density at radius 3 is 2.54 bits per heavy atom. The van der Waals surface area contributed by atoms with E-state index in [4.69, 9.17) is 10.5 Å². The summed E-state index contributed by atoms with van der Waals surface area (Å²) >= 11 is 4.62. The van der Waals surface area contributed by atoms with Crippen LogP contribution in [0.25, 0.3) is 0 Å². The number of halogens is 1. The monoisotopic (exact) mass is 424 g/mol. The van der Waals surface area contributed by atoms with Crippen LogP contribution in [0.5, 0.6) is 0 Å². The Balaban J connectivity index is 2.62. The first kappa shape index (κ1) is 21.5. The highest BCUT2D eigenvalue weighted by molar-refractivity contribution is 9.11. The van der Waals surface area contributed by atoms with Gasteiger partial charge in [-0.3, -0.25) is 0 Å². The Labute approximate surface area is 154 Å². The van der Waals surface area contributed by atoms with Crippen LogP contribution in [0, 0.1) is 0 Å². The quantitative estimate of drug-likeness (QED) is 0.383. The molecule has 1 aromatic heterocycles. The van der Waals surface area contributed by atoms with Gasteiger partial charge in [0.25, 0.3) is 0 Å². The predicted octanol–water partition coefficient (Wildman–Crippen LogP) is 1.86. The normalized spacial score (nSPS) is 16.0. The minimum Gasteiger partial charge on any atom is -0.478 e. The molecule has 0 saturated heterocycles. The van der Waals surface area contributed by atoms with Gasteiger partial charge in [0.15, 0.2) is 6.29 Å². The Morgan fingerprint density at radius 1 is 1.42 bits per heavy atom. The summed E-state index contributed by atoms with van der Waals surface area (Å²) in [6.07, 6.45) is -1.44. The van der Waals surface area contributed by atoms with Gasteiger partial charge < -0.3 is 31.1 Å². The van der Waals surface area contributed by atoms with Gasteiger partial charge in [-0.25, -0.2) is 4.79 Å². The molecule has 1 rings (SSSR count). The van der Waals surface area contributed by atoms with Crippen LogP contribution in [0.2, 0.25) is 0 Å². The van der Waals surface area contributed by atoms with Crippen LogP contribution in [-0.4, -0.2) is 45.4 Å². The molecular formula is C15H25BrN2O5S. The fourth-order valence-corrected chi connectivity index (χ4v) is 3.54. The highest BCUT2D eigenvalue weighted by Crippen LogP contribution is 2.28. The Bertz CT molecular complexity index is 544. The molecule has 0 spiro atoms. The number of rotatable bonds is 9. The number of aliphatic hydroxyl groups excluding tert-OH is 2. The molecule has 0 saturated carbocycles. The van der Waals surface area contributed by atoms with Crippen LogP contribution in [0.3, 0.4) is 0 Å². The van der Waals surface area contributed by atoms with Gasteiger partial charge in [0.1, 0.15) is 6.23 Å². The SMILES string of the molecule is CC(C)(C)O[C@H](O)CC[C@H](NCc1c(C(=O)O)csc1Br)[C@@H](N)O. The van der Waals surface area contributed by atoms with E-state index in [9.17, 15) is 20.1 Å². The molecule has 1 heterocycles. The van der Waals surface area contributed by atoms with Gasteiger partial charge in [0.2, 0.25) is 0 Å². The van der Waals surface area contributed by atoms with Gasteiger partial charge in [0, 0.05) is 23.5 Å². The zero-order chi connectivity index (χ0) is 18.5. The van der Waals surface area contributed by atoms with Gasteiger partial charge in [0.05, 0.1) is 15.0 Å². The van der Waals surface area contributed by atoms with Crippen molar-refractivity contribution in [1.29, 1.82) is 0 Å². The number of nitrogens with one attached hydrogen (secondary N) is 1. The number of aromatic carboxylic acids is 1. The summed E-state index contributed by atoms with van der Waals surface area (Å²) in [5.74, 6) is -1.01. The van der Waals surface area contributed by atoms with Crippen molar-refractivity contribution in [3.05, 3.63) is 20.3 Å². The average molecular weight is 425 g/mol. The Hall–Kier alpha value is -0.550. The molecule has 0 aliphatic carbocycles. The van der Waals surface area contributed by atoms with Crippen molar-refractivity contribution in [2.45, 2.75) is 64.3 Å². The second-order valence-corrected chi connectivity index (χ2v) is 8.64. The minimum absolute atomic E-state index is 0.209. The fourth-order valence-electron chi connectivity index (χ4n) is 2.12. The summed E-state index contributed by atoms with van der Waals surface area (Å²) < 4.78 is 6.13. The van der Waals surface area contributed by atoms with Gasteiger partial charge in [-0.1, -0.05) is 0 Å². The van der Waals surface area contributed by atoms with E-state index in [1.807, 2.05) is 20.8 Å². The molecule has 1 aromatic rings. The van der Waals surface area contributed by atoms with Crippen LogP contribution in [0.4, 0.5) is 0 Å². The van der Waals surface area contributed by atoms with Crippen molar-refractivity contribution in [1.82, 2.24) is 5.32 Å². The minimum atomic E-state index is -1.14. The molecule has 0 aromatic carbocycles. The zero-order valence-electron chi connectivity index (χ0n) is 14.0. The number of nitrogens with two attached hydrogens (primary N) is 1.